The second-order valence-corrected chi connectivity index (χ2v) is 12.4. The Morgan fingerprint density at radius 1 is 1.05 bits per heavy atom. The molecule has 1 saturated carbocycles. The average molecular weight is 535 g/mol. The van der Waals surface area contributed by atoms with E-state index in [0.29, 0.717) is 12.5 Å². The van der Waals surface area contributed by atoms with Crippen LogP contribution in [0.2, 0.25) is 5.02 Å². The zero-order valence-electron chi connectivity index (χ0n) is 22.4. The molecule has 4 aliphatic rings. The van der Waals surface area contributed by atoms with Crippen LogP contribution in [0.15, 0.2) is 66.2 Å². The van der Waals surface area contributed by atoms with E-state index in [0.717, 1.165) is 50.5 Å². The number of rotatable bonds is 5. The van der Waals surface area contributed by atoms with Crippen LogP contribution < -0.4 is 0 Å². The van der Waals surface area contributed by atoms with E-state index in [2.05, 4.69) is 72.2 Å². The van der Waals surface area contributed by atoms with E-state index in [1.165, 1.54) is 16.7 Å². The number of hydrogen-bond acceptors (Lipinski definition) is 5. The van der Waals surface area contributed by atoms with Crippen molar-refractivity contribution in [3.63, 3.8) is 0 Å². The molecule has 3 fully saturated rings. The maximum absolute atomic E-state index is 13.1. The van der Waals surface area contributed by atoms with Gasteiger partial charge in [0.05, 0.1) is 18.1 Å². The summed E-state index contributed by atoms with van der Waals surface area (Å²) < 4.78 is 5.92. The fourth-order valence-corrected chi connectivity index (χ4v) is 7.78. The van der Waals surface area contributed by atoms with Crippen molar-refractivity contribution < 1.29 is 14.6 Å². The summed E-state index contributed by atoms with van der Waals surface area (Å²) >= 11 is 6.19. The number of ether oxygens (including phenoxy) is 1. The number of halogens is 1. The van der Waals surface area contributed by atoms with Gasteiger partial charge in [0.15, 0.2) is 0 Å². The van der Waals surface area contributed by atoms with E-state index in [1.807, 2.05) is 12.1 Å². The fourth-order valence-electron chi connectivity index (χ4n) is 7.65. The maximum atomic E-state index is 13.1. The highest BCUT2D eigenvalue weighted by atomic mass is 35.5. The monoisotopic (exact) mass is 534 g/mol. The van der Waals surface area contributed by atoms with Gasteiger partial charge in [0.25, 0.3) is 0 Å². The third-order valence-electron chi connectivity index (χ3n) is 10.1. The number of esters is 1. The van der Waals surface area contributed by atoms with Gasteiger partial charge in [-0.3, -0.25) is 14.6 Å². The standard InChI is InChI=1S/C32H39ClN2O3/c1-21-7-6-10-24-19-27-28(30(36)32(21,24)2)26(31(37)38-27)20-34-15-17-35(18-16-34)29(22-8-4-3-5-9-22)23-11-13-25(33)14-12-23/h3-5,8-14,21,26-30,36H,6-7,15-20H2,1-2H3/t21-,26-,27+,28+,29-,30-,32+/m0/s1. The Morgan fingerprint density at radius 3 is 2.45 bits per heavy atom. The van der Waals surface area contributed by atoms with E-state index in [1.54, 1.807) is 0 Å². The molecule has 5 nitrogen and oxygen atoms in total. The number of hydrogen-bond donors (Lipinski definition) is 1. The predicted octanol–water partition coefficient (Wildman–Crippen LogP) is 5.33. The van der Waals surface area contributed by atoms with Crippen LogP contribution in [0.5, 0.6) is 0 Å². The van der Waals surface area contributed by atoms with Crippen LogP contribution in [0, 0.1) is 23.2 Å². The van der Waals surface area contributed by atoms with Gasteiger partial charge in [-0.05, 0) is 42.0 Å². The van der Waals surface area contributed by atoms with Gasteiger partial charge in [0.1, 0.15) is 6.10 Å². The zero-order valence-corrected chi connectivity index (χ0v) is 23.2. The van der Waals surface area contributed by atoms with E-state index < -0.39 is 6.10 Å². The van der Waals surface area contributed by atoms with Crippen molar-refractivity contribution in [2.24, 2.45) is 23.2 Å². The molecule has 38 heavy (non-hydrogen) atoms. The summed E-state index contributed by atoms with van der Waals surface area (Å²) in [5.41, 5.74) is 3.54. The first-order valence-electron chi connectivity index (χ1n) is 14.2. The van der Waals surface area contributed by atoms with Gasteiger partial charge in [0.2, 0.25) is 0 Å². The number of aliphatic hydroxyl groups is 1. The van der Waals surface area contributed by atoms with Crippen molar-refractivity contribution in [2.45, 2.75) is 51.4 Å². The largest absolute Gasteiger partial charge is 0.461 e. The summed E-state index contributed by atoms with van der Waals surface area (Å²) in [6, 6.07) is 19.0. The van der Waals surface area contributed by atoms with Gasteiger partial charge in [-0.25, -0.2) is 0 Å². The molecule has 0 bridgehead atoms. The number of benzene rings is 2. The van der Waals surface area contributed by atoms with E-state index in [-0.39, 0.29) is 35.4 Å². The van der Waals surface area contributed by atoms with Gasteiger partial charge in [-0.2, -0.15) is 0 Å². The Kier molecular flexibility index (Phi) is 7.15. The summed E-state index contributed by atoms with van der Waals surface area (Å²) in [7, 11) is 0. The van der Waals surface area contributed by atoms with Crippen LogP contribution in [0.3, 0.4) is 0 Å². The van der Waals surface area contributed by atoms with Gasteiger partial charge in [-0.15, -0.1) is 0 Å². The molecule has 2 heterocycles. The molecule has 2 saturated heterocycles. The van der Waals surface area contributed by atoms with Crippen LogP contribution in [0.4, 0.5) is 0 Å². The van der Waals surface area contributed by atoms with Crippen LogP contribution in [0.1, 0.15) is 50.3 Å². The second kappa shape index (κ2) is 10.4. The summed E-state index contributed by atoms with van der Waals surface area (Å²) in [4.78, 5) is 18.1. The van der Waals surface area contributed by atoms with Gasteiger partial charge in [0, 0.05) is 55.5 Å². The molecule has 0 aromatic heterocycles. The van der Waals surface area contributed by atoms with Crippen LogP contribution in [-0.2, 0) is 9.53 Å². The summed E-state index contributed by atoms with van der Waals surface area (Å²) in [5, 5.41) is 12.4. The molecule has 202 valence electrons. The average Bonchev–Trinajstić information content (AvgIpc) is 3.23. The van der Waals surface area contributed by atoms with Crippen LogP contribution >= 0.6 is 11.6 Å². The molecule has 2 aromatic carbocycles. The smallest absolute Gasteiger partial charge is 0.311 e. The van der Waals surface area contributed by atoms with Crippen molar-refractivity contribution in [1.29, 1.82) is 0 Å². The number of carbonyl (C=O) groups excluding carboxylic acids is 1. The molecule has 1 N–H and O–H groups in total. The molecule has 0 radical (unpaired) electrons. The van der Waals surface area contributed by atoms with Crippen molar-refractivity contribution in [3.05, 3.63) is 82.4 Å². The third-order valence-corrected chi connectivity index (χ3v) is 10.4. The lowest BCUT2D eigenvalue weighted by molar-refractivity contribution is -0.145. The molecule has 6 rings (SSSR count). The summed E-state index contributed by atoms with van der Waals surface area (Å²) in [5.74, 6) is -0.119. The maximum Gasteiger partial charge on any atom is 0.311 e. The highest BCUT2D eigenvalue weighted by Gasteiger charge is 2.59. The Labute approximate surface area is 231 Å². The van der Waals surface area contributed by atoms with E-state index >= 15 is 0 Å². The molecule has 0 spiro atoms. The Morgan fingerprint density at radius 2 is 1.74 bits per heavy atom. The quantitative estimate of drug-likeness (QED) is 0.415. The number of carbonyl (C=O) groups is 1. The molecule has 2 aliphatic carbocycles. The highest BCUT2D eigenvalue weighted by Crippen LogP contribution is 2.56. The van der Waals surface area contributed by atoms with E-state index in [9.17, 15) is 9.90 Å². The SMILES string of the molecule is C[C@H]1CCC=C2C[C@H]3OC(=O)[C@@H](CN4CCN([C@@H](c5ccccc5)c5ccc(Cl)cc5)CC4)[C@H]3[C@H](O)[C@@]21C. The number of fused-ring (bicyclic) bond motifs is 2. The summed E-state index contributed by atoms with van der Waals surface area (Å²) in [6.45, 7) is 8.70. The molecular formula is C32H39ClN2O3. The minimum atomic E-state index is -0.548. The lowest BCUT2D eigenvalue weighted by atomic mass is 9.55. The molecule has 7 atom stereocenters. The molecule has 2 aliphatic heterocycles. The molecule has 2 aromatic rings. The van der Waals surface area contributed by atoms with Crippen molar-refractivity contribution >= 4 is 17.6 Å². The van der Waals surface area contributed by atoms with E-state index in [4.69, 9.17) is 16.3 Å². The zero-order chi connectivity index (χ0) is 26.4. The molecular weight excluding hydrogens is 496 g/mol. The molecule has 0 unspecified atom stereocenters. The lowest BCUT2D eigenvalue weighted by Gasteiger charge is -2.52. The predicted molar refractivity (Wildman–Crippen MR) is 150 cm³/mol. The van der Waals surface area contributed by atoms with Crippen LogP contribution in [-0.4, -0.2) is 65.8 Å². The summed E-state index contributed by atoms with van der Waals surface area (Å²) in [6.07, 6.45) is 4.47. The van der Waals surface area contributed by atoms with Crippen molar-refractivity contribution in [2.75, 3.05) is 32.7 Å². The fraction of sp³-hybridized carbons (Fsp3) is 0.531. The first-order chi connectivity index (χ1) is 18.4. The number of nitrogens with zero attached hydrogens (tertiary/aromatic N) is 2. The number of aliphatic hydroxyl groups excluding tert-OH is 1. The second-order valence-electron chi connectivity index (χ2n) is 12.0. The number of allylic oxidation sites excluding steroid dienone is 1. The molecule has 0 amide bonds. The first-order valence-corrected chi connectivity index (χ1v) is 14.6. The van der Waals surface area contributed by atoms with Crippen LogP contribution in [0.25, 0.3) is 0 Å². The van der Waals surface area contributed by atoms with Crippen molar-refractivity contribution in [3.8, 4) is 0 Å². The minimum Gasteiger partial charge on any atom is -0.461 e. The normalized spacial score (nSPS) is 34.7. The Bertz CT molecular complexity index is 1180. The lowest BCUT2D eigenvalue weighted by Crippen LogP contribution is -2.55. The third kappa shape index (κ3) is 4.52. The topological polar surface area (TPSA) is 53.0 Å². The molecule has 6 heteroatoms. The van der Waals surface area contributed by atoms with Gasteiger partial charge in [-0.1, -0.05) is 79.6 Å². The Hall–Kier alpha value is -2.18. The highest BCUT2D eigenvalue weighted by molar-refractivity contribution is 6.30. The first kappa shape index (κ1) is 26.1. The van der Waals surface area contributed by atoms with Crippen molar-refractivity contribution in [1.82, 2.24) is 9.80 Å². The number of piperazine rings is 1. The minimum absolute atomic E-state index is 0.125. The Balaban J connectivity index is 1.16. The van der Waals surface area contributed by atoms with Gasteiger partial charge >= 0.3 is 5.97 Å². The van der Waals surface area contributed by atoms with Gasteiger partial charge < -0.3 is 9.84 Å².